The minimum absolute atomic E-state index is 0.284. The fraction of sp³-hybridized carbons (Fsp3) is 0.500. The summed E-state index contributed by atoms with van der Waals surface area (Å²) in [4.78, 5) is 25.4. The molecule has 0 fully saturated rings. The number of rotatable bonds is 4. The molecule has 0 aliphatic rings. The van der Waals surface area contributed by atoms with Gasteiger partial charge in [0.1, 0.15) is 11.6 Å². The van der Waals surface area contributed by atoms with Crippen molar-refractivity contribution in [2.45, 2.75) is 45.9 Å². The van der Waals surface area contributed by atoms with E-state index in [0.717, 1.165) is 5.56 Å². The first-order valence-electron chi connectivity index (χ1n) is 6.86. The highest BCUT2D eigenvalue weighted by molar-refractivity contribution is 5.81. The summed E-state index contributed by atoms with van der Waals surface area (Å²) in [5.74, 6) is -0.475. The van der Waals surface area contributed by atoms with Crippen LogP contribution in [0, 0.1) is 0 Å². The van der Waals surface area contributed by atoms with Crippen LogP contribution in [0.1, 0.15) is 33.3 Å². The second-order valence-corrected chi connectivity index (χ2v) is 5.79. The smallest absolute Gasteiger partial charge is 0.411 e. The molecule has 5 heteroatoms. The second-order valence-electron chi connectivity index (χ2n) is 5.79. The summed E-state index contributed by atoms with van der Waals surface area (Å²) in [5, 5.41) is 0. The Hall–Kier alpha value is -2.04. The lowest BCUT2D eigenvalue weighted by Crippen LogP contribution is -2.45. The van der Waals surface area contributed by atoms with Gasteiger partial charge in [0, 0.05) is 6.54 Å². The molecular formula is C16H23NO4. The van der Waals surface area contributed by atoms with Gasteiger partial charge in [0.15, 0.2) is 0 Å². The fourth-order valence-electron chi connectivity index (χ4n) is 1.76. The molecule has 0 saturated heterocycles. The highest BCUT2D eigenvalue weighted by Crippen LogP contribution is 2.15. The monoisotopic (exact) mass is 293 g/mol. The Balaban J connectivity index is 2.94. The third kappa shape index (κ3) is 5.45. The van der Waals surface area contributed by atoms with Crippen LogP contribution in [0.25, 0.3) is 0 Å². The zero-order chi connectivity index (χ0) is 16.0. The number of carbonyl (C=O) groups is 2. The molecule has 0 radical (unpaired) electrons. The summed E-state index contributed by atoms with van der Waals surface area (Å²) in [6, 6.07) is 8.72. The molecule has 1 aromatic rings. The van der Waals surface area contributed by atoms with Crippen LogP contribution in [-0.4, -0.2) is 35.7 Å². The lowest BCUT2D eigenvalue weighted by molar-refractivity contribution is -0.146. The maximum Gasteiger partial charge on any atom is 0.411 e. The molecule has 0 spiro atoms. The van der Waals surface area contributed by atoms with Crippen molar-refractivity contribution in [3.05, 3.63) is 35.9 Å². The molecule has 0 aliphatic carbocycles. The molecule has 0 aromatic heterocycles. The molecule has 1 amide bonds. The van der Waals surface area contributed by atoms with E-state index < -0.39 is 23.7 Å². The Morgan fingerprint density at radius 3 is 2.24 bits per heavy atom. The Bertz CT molecular complexity index is 479. The number of hydrogen-bond donors (Lipinski definition) is 0. The lowest BCUT2D eigenvalue weighted by Gasteiger charge is -2.30. The van der Waals surface area contributed by atoms with Crippen LogP contribution in [0.5, 0.6) is 0 Å². The number of hydrogen-bond acceptors (Lipinski definition) is 4. The Morgan fingerprint density at radius 2 is 1.76 bits per heavy atom. The summed E-state index contributed by atoms with van der Waals surface area (Å²) in [7, 11) is 1.30. The predicted molar refractivity (Wildman–Crippen MR) is 79.7 cm³/mol. The summed E-state index contributed by atoms with van der Waals surface area (Å²) in [6.45, 7) is 7.27. The van der Waals surface area contributed by atoms with E-state index in [1.165, 1.54) is 12.0 Å². The zero-order valence-corrected chi connectivity index (χ0v) is 13.3. The number of ether oxygens (including phenoxy) is 2. The van der Waals surface area contributed by atoms with Crippen LogP contribution in [0.3, 0.4) is 0 Å². The van der Waals surface area contributed by atoms with Crippen LogP contribution in [-0.2, 0) is 20.8 Å². The molecule has 0 saturated carbocycles. The van der Waals surface area contributed by atoms with E-state index in [1.807, 2.05) is 30.3 Å². The number of benzene rings is 1. The molecule has 0 bridgehead atoms. The van der Waals surface area contributed by atoms with Gasteiger partial charge >= 0.3 is 12.1 Å². The van der Waals surface area contributed by atoms with Crippen molar-refractivity contribution in [1.82, 2.24) is 4.90 Å². The summed E-state index contributed by atoms with van der Waals surface area (Å²) >= 11 is 0. The van der Waals surface area contributed by atoms with Gasteiger partial charge in [-0.05, 0) is 33.3 Å². The van der Waals surface area contributed by atoms with Crippen molar-refractivity contribution in [3.63, 3.8) is 0 Å². The summed E-state index contributed by atoms with van der Waals surface area (Å²) < 4.78 is 10.1. The number of carbonyl (C=O) groups excluding carboxylic acids is 2. The zero-order valence-electron chi connectivity index (χ0n) is 13.3. The SMILES string of the molecule is COC(=O)[C@H](C)N(Cc1ccccc1)C(=O)OC(C)(C)C. The topological polar surface area (TPSA) is 55.8 Å². The van der Waals surface area contributed by atoms with Gasteiger partial charge < -0.3 is 9.47 Å². The molecule has 1 aromatic carbocycles. The molecule has 21 heavy (non-hydrogen) atoms. The molecule has 116 valence electrons. The van der Waals surface area contributed by atoms with Crippen LogP contribution >= 0.6 is 0 Å². The average Bonchev–Trinajstić information content (AvgIpc) is 2.42. The molecule has 0 N–H and O–H groups in total. The van der Waals surface area contributed by atoms with E-state index >= 15 is 0 Å². The normalized spacial score (nSPS) is 12.4. The van der Waals surface area contributed by atoms with Gasteiger partial charge in [0.05, 0.1) is 7.11 Å². The predicted octanol–water partition coefficient (Wildman–Crippen LogP) is 2.99. The number of methoxy groups -OCH3 is 1. The molecular weight excluding hydrogens is 270 g/mol. The fourth-order valence-corrected chi connectivity index (χ4v) is 1.76. The highest BCUT2D eigenvalue weighted by Gasteiger charge is 2.30. The second kappa shape index (κ2) is 7.11. The lowest BCUT2D eigenvalue weighted by atomic mass is 10.2. The van der Waals surface area contributed by atoms with Crippen molar-refractivity contribution in [2.75, 3.05) is 7.11 Å². The molecule has 5 nitrogen and oxygen atoms in total. The van der Waals surface area contributed by atoms with E-state index in [4.69, 9.17) is 9.47 Å². The first kappa shape index (κ1) is 17.0. The maximum absolute atomic E-state index is 12.3. The highest BCUT2D eigenvalue weighted by atomic mass is 16.6. The molecule has 1 rings (SSSR count). The van der Waals surface area contributed by atoms with Gasteiger partial charge in [0.2, 0.25) is 0 Å². The standard InChI is InChI=1S/C16H23NO4/c1-12(14(18)20-5)17(15(19)21-16(2,3)4)11-13-9-7-6-8-10-13/h6-10,12H,11H2,1-5H3/t12-/m0/s1. The average molecular weight is 293 g/mol. The molecule has 1 atom stereocenters. The van der Waals surface area contributed by atoms with Crippen molar-refractivity contribution < 1.29 is 19.1 Å². The van der Waals surface area contributed by atoms with Crippen molar-refractivity contribution in [1.29, 1.82) is 0 Å². The third-order valence-corrected chi connectivity index (χ3v) is 2.83. The van der Waals surface area contributed by atoms with Crippen LogP contribution < -0.4 is 0 Å². The van der Waals surface area contributed by atoms with Gasteiger partial charge in [-0.1, -0.05) is 30.3 Å². The number of esters is 1. The van der Waals surface area contributed by atoms with Gasteiger partial charge in [0.25, 0.3) is 0 Å². The van der Waals surface area contributed by atoms with Gasteiger partial charge in [-0.15, -0.1) is 0 Å². The van der Waals surface area contributed by atoms with Crippen molar-refractivity contribution in [2.24, 2.45) is 0 Å². The minimum atomic E-state index is -0.718. The van der Waals surface area contributed by atoms with Gasteiger partial charge in [-0.25, -0.2) is 9.59 Å². The maximum atomic E-state index is 12.3. The van der Waals surface area contributed by atoms with Gasteiger partial charge in [-0.3, -0.25) is 4.90 Å². The summed E-state index contributed by atoms with van der Waals surface area (Å²) in [6.07, 6.45) is -0.538. The summed E-state index contributed by atoms with van der Waals surface area (Å²) in [5.41, 5.74) is 0.293. The quantitative estimate of drug-likeness (QED) is 0.801. The first-order valence-corrected chi connectivity index (χ1v) is 6.86. The van der Waals surface area contributed by atoms with Crippen LogP contribution in [0.15, 0.2) is 30.3 Å². The molecule has 0 heterocycles. The minimum Gasteiger partial charge on any atom is -0.467 e. The van der Waals surface area contributed by atoms with Crippen molar-refractivity contribution in [3.8, 4) is 0 Å². The third-order valence-electron chi connectivity index (χ3n) is 2.83. The van der Waals surface area contributed by atoms with E-state index in [2.05, 4.69) is 0 Å². The largest absolute Gasteiger partial charge is 0.467 e. The Morgan fingerprint density at radius 1 is 1.19 bits per heavy atom. The molecule has 0 aliphatic heterocycles. The van der Waals surface area contributed by atoms with E-state index in [-0.39, 0.29) is 6.54 Å². The van der Waals surface area contributed by atoms with Crippen LogP contribution in [0.2, 0.25) is 0 Å². The van der Waals surface area contributed by atoms with E-state index in [0.29, 0.717) is 0 Å². The van der Waals surface area contributed by atoms with Crippen molar-refractivity contribution >= 4 is 12.1 Å². The van der Waals surface area contributed by atoms with E-state index in [9.17, 15) is 9.59 Å². The Kier molecular flexibility index (Phi) is 5.76. The van der Waals surface area contributed by atoms with Crippen LogP contribution in [0.4, 0.5) is 4.79 Å². The number of nitrogens with zero attached hydrogens (tertiary/aromatic N) is 1. The number of amides is 1. The van der Waals surface area contributed by atoms with Gasteiger partial charge in [-0.2, -0.15) is 0 Å². The van der Waals surface area contributed by atoms with E-state index in [1.54, 1.807) is 27.7 Å². The first-order chi connectivity index (χ1) is 9.74. The molecule has 0 unspecified atom stereocenters. The Labute approximate surface area is 125 Å².